The second-order valence-corrected chi connectivity index (χ2v) is 11.0. The van der Waals surface area contributed by atoms with Gasteiger partial charge in [-0.05, 0) is 61.1 Å². The zero-order chi connectivity index (χ0) is 29.5. The number of aromatic nitrogens is 1. The van der Waals surface area contributed by atoms with Crippen LogP contribution in [0.5, 0.6) is 0 Å². The fraction of sp³-hybridized carbons (Fsp3) is 0.324. The standard InChI is InChI=1S/C34H38N4O4/c1-2-42-33(41)34(20-24-10-4-3-5-11-24)16-9-17-38(23-34)32(40)30(19-27-22-36-29-15-7-6-14-28(27)29)37-31(39)26-13-8-12-25(18-26)21-35/h3-8,10-15,18,22,30,36H,2,9,16-17,19-21,23,35H2,1H3,(H,37,39)/t30-,34+/m1/s1. The number of hydrogen-bond acceptors (Lipinski definition) is 5. The van der Waals surface area contributed by atoms with Crippen LogP contribution in [0.3, 0.4) is 0 Å². The first-order valence-electron chi connectivity index (χ1n) is 14.6. The molecule has 4 aromatic rings. The Hall–Kier alpha value is -4.43. The Kier molecular flexibility index (Phi) is 9.03. The lowest BCUT2D eigenvalue weighted by molar-refractivity contribution is -0.161. The maximum Gasteiger partial charge on any atom is 0.314 e. The molecule has 2 amide bonds. The molecule has 0 saturated carbocycles. The molecule has 1 aliphatic heterocycles. The van der Waals surface area contributed by atoms with Crippen molar-refractivity contribution in [1.82, 2.24) is 15.2 Å². The minimum Gasteiger partial charge on any atom is -0.466 e. The number of amides is 2. The third-order valence-corrected chi connectivity index (χ3v) is 8.11. The van der Waals surface area contributed by atoms with Gasteiger partial charge in [-0.3, -0.25) is 14.4 Å². The van der Waals surface area contributed by atoms with Crippen molar-refractivity contribution in [3.63, 3.8) is 0 Å². The summed E-state index contributed by atoms with van der Waals surface area (Å²) < 4.78 is 5.56. The summed E-state index contributed by atoms with van der Waals surface area (Å²) in [6.07, 6.45) is 3.94. The number of fused-ring (bicyclic) bond motifs is 1. The molecule has 0 radical (unpaired) electrons. The molecule has 4 N–H and O–H groups in total. The monoisotopic (exact) mass is 566 g/mol. The summed E-state index contributed by atoms with van der Waals surface area (Å²) in [5, 5.41) is 4.01. The van der Waals surface area contributed by atoms with E-state index in [1.807, 2.05) is 66.9 Å². The van der Waals surface area contributed by atoms with E-state index in [2.05, 4.69) is 10.3 Å². The van der Waals surface area contributed by atoms with Crippen molar-refractivity contribution in [3.8, 4) is 0 Å². The summed E-state index contributed by atoms with van der Waals surface area (Å²) >= 11 is 0. The van der Waals surface area contributed by atoms with Crippen molar-refractivity contribution in [2.24, 2.45) is 11.1 Å². The maximum atomic E-state index is 14.3. The highest BCUT2D eigenvalue weighted by Gasteiger charge is 2.45. The summed E-state index contributed by atoms with van der Waals surface area (Å²) in [5.74, 6) is -0.853. The quantitative estimate of drug-likeness (QED) is 0.246. The van der Waals surface area contributed by atoms with Crippen molar-refractivity contribution in [2.75, 3.05) is 19.7 Å². The molecule has 0 aliphatic carbocycles. The molecule has 0 spiro atoms. The lowest BCUT2D eigenvalue weighted by atomic mass is 9.75. The first-order chi connectivity index (χ1) is 20.4. The van der Waals surface area contributed by atoms with Crippen molar-refractivity contribution in [1.29, 1.82) is 0 Å². The van der Waals surface area contributed by atoms with E-state index in [4.69, 9.17) is 10.5 Å². The summed E-state index contributed by atoms with van der Waals surface area (Å²) in [4.78, 5) is 46.2. The Labute approximate surface area is 246 Å². The predicted molar refractivity (Wildman–Crippen MR) is 163 cm³/mol. The fourth-order valence-electron chi connectivity index (χ4n) is 6.00. The number of nitrogens with zero attached hydrogens (tertiary/aromatic N) is 1. The topological polar surface area (TPSA) is 118 Å². The summed E-state index contributed by atoms with van der Waals surface area (Å²) in [6, 6.07) is 24.0. The molecular formula is C34H38N4O4. The zero-order valence-electron chi connectivity index (χ0n) is 24.0. The molecule has 8 heteroatoms. The van der Waals surface area contributed by atoms with Crippen molar-refractivity contribution in [2.45, 2.75) is 45.2 Å². The van der Waals surface area contributed by atoms with Gasteiger partial charge in [0.25, 0.3) is 5.91 Å². The Morgan fingerprint density at radius 3 is 2.57 bits per heavy atom. The van der Waals surface area contributed by atoms with Gasteiger partial charge < -0.3 is 25.7 Å². The number of likely N-dealkylation sites (tertiary alicyclic amines) is 1. The first-order valence-corrected chi connectivity index (χ1v) is 14.6. The lowest BCUT2D eigenvalue weighted by Crippen LogP contribution is -2.57. The molecule has 218 valence electrons. The minimum atomic E-state index is -0.865. The highest BCUT2D eigenvalue weighted by molar-refractivity contribution is 5.98. The molecule has 0 bridgehead atoms. The van der Waals surface area contributed by atoms with E-state index in [1.54, 1.807) is 30.0 Å². The highest BCUT2D eigenvalue weighted by Crippen LogP contribution is 2.36. The van der Waals surface area contributed by atoms with Gasteiger partial charge in [-0.1, -0.05) is 60.7 Å². The van der Waals surface area contributed by atoms with Crippen LogP contribution in [0, 0.1) is 5.41 Å². The number of benzene rings is 3. The van der Waals surface area contributed by atoms with Gasteiger partial charge in [-0.2, -0.15) is 0 Å². The summed E-state index contributed by atoms with van der Waals surface area (Å²) in [7, 11) is 0. The van der Waals surface area contributed by atoms with Crippen LogP contribution in [-0.4, -0.2) is 53.4 Å². The van der Waals surface area contributed by atoms with Gasteiger partial charge in [0.05, 0.1) is 12.0 Å². The maximum absolute atomic E-state index is 14.3. The predicted octanol–water partition coefficient (Wildman–Crippen LogP) is 4.38. The van der Waals surface area contributed by atoms with E-state index in [0.29, 0.717) is 44.3 Å². The number of rotatable bonds is 10. The van der Waals surface area contributed by atoms with E-state index in [1.165, 1.54) is 0 Å². The van der Waals surface area contributed by atoms with Crippen LogP contribution in [-0.2, 0) is 33.7 Å². The summed E-state index contributed by atoms with van der Waals surface area (Å²) in [5.41, 5.74) is 9.12. The van der Waals surface area contributed by atoms with Gasteiger partial charge in [-0.15, -0.1) is 0 Å². The van der Waals surface area contributed by atoms with Crippen molar-refractivity contribution in [3.05, 3.63) is 107 Å². The number of carbonyl (C=O) groups excluding carboxylic acids is 3. The average molecular weight is 567 g/mol. The second kappa shape index (κ2) is 13.0. The van der Waals surface area contributed by atoms with E-state index in [9.17, 15) is 14.4 Å². The molecule has 1 aromatic heterocycles. The van der Waals surface area contributed by atoms with Gasteiger partial charge in [0.1, 0.15) is 6.04 Å². The van der Waals surface area contributed by atoms with Crippen LogP contribution in [0.4, 0.5) is 0 Å². The lowest BCUT2D eigenvalue weighted by Gasteiger charge is -2.42. The third-order valence-electron chi connectivity index (χ3n) is 8.11. The number of aromatic amines is 1. The normalized spacial score (nSPS) is 17.5. The molecule has 2 heterocycles. The molecular weight excluding hydrogens is 528 g/mol. The van der Waals surface area contributed by atoms with Gasteiger partial charge in [0.15, 0.2) is 0 Å². The van der Waals surface area contributed by atoms with Gasteiger partial charge >= 0.3 is 5.97 Å². The SMILES string of the molecule is CCOC(=O)[C@]1(Cc2ccccc2)CCCN(C(=O)[C@@H](Cc2c[nH]c3ccccc23)NC(=O)c2cccc(CN)c2)C1. The van der Waals surface area contributed by atoms with Crippen LogP contribution < -0.4 is 11.1 Å². The van der Waals surface area contributed by atoms with E-state index < -0.39 is 11.5 Å². The first kappa shape index (κ1) is 29.1. The Balaban J connectivity index is 1.45. The summed E-state index contributed by atoms with van der Waals surface area (Å²) in [6.45, 7) is 3.10. The minimum absolute atomic E-state index is 0.218. The Bertz CT molecular complexity index is 1550. The molecule has 0 unspecified atom stereocenters. The highest BCUT2D eigenvalue weighted by atomic mass is 16.5. The number of nitrogens with two attached hydrogens (primary N) is 1. The molecule has 5 rings (SSSR count). The van der Waals surface area contributed by atoms with E-state index in [-0.39, 0.29) is 30.9 Å². The average Bonchev–Trinajstić information content (AvgIpc) is 3.43. The number of piperidine rings is 1. The second-order valence-electron chi connectivity index (χ2n) is 11.0. The molecule has 1 saturated heterocycles. The van der Waals surface area contributed by atoms with Crippen LogP contribution >= 0.6 is 0 Å². The van der Waals surface area contributed by atoms with Gasteiger partial charge in [-0.25, -0.2) is 0 Å². The Morgan fingerprint density at radius 2 is 1.79 bits per heavy atom. The van der Waals surface area contributed by atoms with E-state index >= 15 is 0 Å². The van der Waals surface area contributed by atoms with Crippen molar-refractivity contribution >= 4 is 28.7 Å². The molecule has 8 nitrogen and oxygen atoms in total. The number of hydrogen-bond donors (Lipinski definition) is 3. The number of nitrogens with one attached hydrogen (secondary N) is 2. The number of H-pyrrole nitrogens is 1. The van der Waals surface area contributed by atoms with Crippen LogP contribution in [0.25, 0.3) is 10.9 Å². The van der Waals surface area contributed by atoms with Crippen molar-refractivity contribution < 1.29 is 19.1 Å². The van der Waals surface area contributed by atoms with Gasteiger partial charge in [0.2, 0.25) is 5.91 Å². The number of para-hydroxylation sites is 1. The number of ether oxygens (including phenoxy) is 1. The van der Waals surface area contributed by atoms with Gasteiger partial charge in [0, 0.05) is 48.7 Å². The molecule has 1 fully saturated rings. The molecule has 3 aromatic carbocycles. The Morgan fingerprint density at radius 1 is 1.02 bits per heavy atom. The number of carbonyl (C=O) groups is 3. The fourth-order valence-corrected chi connectivity index (χ4v) is 6.00. The van der Waals surface area contributed by atoms with Crippen LogP contribution in [0.15, 0.2) is 85.1 Å². The molecule has 2 atom stereocenters. The smallest absolute Gasteiger partial charge is 0.314 e. The molecule has 42 heavy (non-hydrogen) atoms. The van der Waals surface area contributed by atoms with Crippen LogP contribution in [0.1, 0.15) is 46.8 Å². The molecule has 1 aliphatic rings. The third kappa shape index (κ3) is 6.39. The van der Waals surface area contributed by atoms with E-state index in [0.717, 1.165) is 27.6 Å². The largest absolute Gasteiger partial charge is 0.466 e. The number of esters is 1. The van der Waals surface area contributed by atoms with Crippen LogP contribution in [0.2, 0.25) is 0 Å². The zero-order valence-corrected chi connectivity index (χ0v) is 24.0.